The van der Waals surface area contributed by atoms with Crippen LogP contribution in [0.3, 0.4) is 0 Å². The predicted octanol–water partition coefficient (Wildman–Crippen LogP) is 2.84. The summed E-state index contributed by atoms with van der Waals surface area (Å²) in [5.41, 5.74) is 0.370. The minimum atomic E-state index is -0.991. The summed E-state index contributed by atoms with van der Waals surface area (Å²) in [6, 6.07) is 1.89. The quantitative estimate of drug-likeness (QED) is 0.783. The average Bonchev–Trinajstić information content (AvgIpc) is 3.06. The van der Waals surface area contributed by atoms with Crippen molar-refractivity contribution in [3.8, 4) is 0 Å². The van der Waals surface area contributed by atoms with Crippen LogP contribution in [0.1, 0.15) is 38.0 Å². The Bertz CT molecular complexity index is 968. The number of hydrogen-bond acceptors (Lipinski definition) is 6. The number of rotatable bonds is 4. The normalized spacial score (nSPS) is 11.3. The maximum atomic E-state index is 12.7. The lowest BCUT2D eigenvalue weighted by Crippen LogP contribution is -2.23. The number of carboxylic acids is 1. The fraction of sp³-hybridized carbons (Fsp3) is 0.333. The van der Waals surface area contributed by atoms with E-state index in [4.69, 9.17) is 5.11 Å². The van der Waals surface area contributed by atoms with Crippen LogP contribution in [-0.4, -0.2) is 25.6 Å². The van der Waals surface area contributed by atoms with Crippen LogP contribution in [0.2, 0.25) is 0 Å². The topological polar surface area (TPSA) is 85.1 Å². The number of thiophene rings is 1. The zero-order chi connectivity index (χ0) is 16.7. The van der Waals surface area contributed by atoms with Crippen LogP contribution in [0, 0.1) is 13.8 Å². The van der Waals surface area contributed by atoms with Crippen LogP contribution in [-0.2, 0) is 13.0 Å². The molecule has 0 aliphatic carbocycles. The Hall–Kier alpha value is -2.06. The van der Waals surface area contributed by atoms with E-state index in [0.717, 1.165) is 27.5 Å². The van der Waals surface area contributed by atoms with Crippen molar-refractivity contribution in [1.82, 2.24) is 14.5 Å². The van der Waals surface area contributed by atoms with Gasteiger partial charge >= 0.3 is 5.97 Å². The Labute approximate surface area is 140 Å². The second-order valence-electron chi connectivity index (χ2n) is 5.16. The summed E-state index contributed by atoms with van der Waals surface area (Å²) in [4.78, 5) is 34.7. The van der Waals surface area contributed by atoms with Crippen molar-refractivity contribution in [3.63, 3.8) is 0 Å². The molecule has 0 spiro atoms. The van der Waals surface area contributed by atoms with Crippen LogP contribution in [0.4, 0.5) is 0 Å². The van der Waals surface area contributed by atoms with Gasteiger partial charge in [-0.25, -0.2) is 14.8 Å². The molecule has 3 heterocycles. The average molecular weight is 349 g/mol. The molecule has 8 heteroatoms. The van der Waals surface area contributed by atoms with Crippen molar-refractivity contribution < 1.29 is 9.90 Å². The molecule has 0 unspecified atom stereocenters. The van der Waals surface area contributed by atoms with Crippen LogP contribution in [0.5, 0.6) is 0 Å². The molecule has 0 aromatic carbocycles. The zero-order valence-corrected chi connectivity index (χ0v) is 14.5. The minimum absolute atomic E-state index is 0.104. The van der Waals surface area contributed by atoms with Crippen LogP contribution >= 0.6 is 22.7 Å². The van der Waals surface area contributed by atoms with E-state index >= 15 is 0 Å². The largest absolute Gasteiger partial charge is 0.477 e. The molecule has 3 aromatic rings. The summed E-state index contributed by atoms with van der Waals surface area (Å²) in [7, 11) is 0. The van der Waals surface area contributed by atoms with Gasteiger partial charge in [0.05, 0.1) is 17.6 Å². The van der Waals surface area contributed by atoms with Crippen molar-refractivity contribution >= 4 is 38.9 Å². The van der Waals surface area contributed by atoms with Gasteiger partial charge in [0.1, 0.15) is 20.5 Å². The van der Waals surface area contributed by atoms with E-state index in [1.165, 1.54) is 11.3 Å². The predicted molar refractivity (Wildman–Crippen MR) is 90.9 cm³/mol. The Balaban J connectivity index is 2.08. The van der Waals surface area contributed by atoms with Crippen molar-refractivity contribution in [2.75, 3.05) is 0 Å². The Morgan fingerprint density at radius 1 is 1.30 bits per heavy atom. The van der Waals surface area contributed by atoms with Crippen molar-refractivity contribution in [2.24, 2.45) is 0 Å². The number of carbonyl (C=O) groups is 1. The van der Waals surface area contributed by atoms with Gasteiger partial charge in [-0.05, 0) is 26.3 Å². The Morgan fingerprint density at radius 2 is 2.04 bits per heavy atom. The molecule has 3 aromatic heterocycles. The molecule has 0 bridgehead atoms. The van der Waals surface area contributed by atoms with Gasteiger partial charge < -0.3 is 5.11 Å². The molecule has 0 atom stereocenters. The molecule has 120 valence electrons. The molecule has 0 fully saturated rings. The lowest BCUT2D eigenvalue weighted by molar-refractivity contribution is 0.0701. The van der Waals surface area contributed by atoms with Gasteiger partial charge in [-0.15, -0.1) is 22.7 Å². The number of thiazole rings is 1. The van der Waals surface area contributed by atoms with Gasteiger partial charge in [-0.1, -0.05) is 6.92 Å². The highest BCUT2D eigenvalue weighted by atomic mass is 32.1. The first-order chi connectivity index (χ1) is 10.9. The molecule has 0 aliphatic rings. The fourth-order valence-corrected chi connectivity index (χ4v) is 4.28. The first-order valence-electron chi connectivity index (χ1n) is 7.10. The number of hydrogen-bond donors (Lipinski definition) is 1. The van der Waals surface area contributed by atoms with Gasteiger partial charge in [0.25, 0.3) is 5.56 Å². The second kappa shape index (κ2) is 5.86. The maximum Gasteiger partial charge on any atom is 0.347 e. The zero-order valence-electron chi connectivity index (χ0n) is 12.9. The van der Waals surface area contributed by atoms with Gasteiger partial charge in [-0.2, -0.15) is 0 Å². The van der Waals surface area contributed by atoms with Crippen molar-refractivity contribution in [1.29, 1.82) is 0 Å². The monoisotopic (exact) mass is 349 g/mol. The number of aromatic carboxylic acids is 1. The second-order valence-corrected chi connectivity index (χ2v) is 7.36. The van der Waals surface area contributed by atoms with E-state index in [-0.39, 0.29) is 17.0 Å². The maximum absolute atomic E-state index is 12.7. The summed E-state index contributed by atoms with van der Waals surface area (Å²) < 4.78 is 1.55. The summed E-state index contributed by atoms with van der Waals surface area (Å²) in [6.45, 7) is 5.73. The van der Waals surface area contributed by atoms with E-state index in [2.05, 4.69) is 9.97 Å². The number of carboxylic acid groups (broad SMARTS) is 1. The van der Waals surface area contributed by atoms with Crippen molar-refractivity contribution in [3.05, 3.63) is 42.7 Å². The Kier molecular flexibility index (Phi) is 4.03. The first kappa shape index (κ1) is 15.8. The number of aryl methyl sites for hydroxylation is 3. The summed E-state index contributed by atoms with van der Waals surface area (Å²) >= 11 is 2.64. The smallest absolute Gasteiger partial charge is 0.347 e. The molecule has 23 heavy (non-hydrogen) atoms. The molecule has 6 nitrogen and oxygen atoms in total. The van der Waals surface area contributed by atoms with Gasteiger partial charge in [0.15, 0.2) is 0 Å². The van der Waals surface area contributed by atoms with Crippen LogP contribution in [0.25, 0.3) is 10.2 Å². The number of fused-ring (bicyclic) bond motifs is 1. The third-order valence-electron chi connectivity index (χ3n) is 3.57. The number of nitrogens with zero attached hydrogens (tertiary/aromatic N) is 3. The van der Waals surface area contributed by atoms with Gasteiger partial charge in [0.2, 0.25) is 0 Å². The molecule has 0 radical (unpaired) electrons. The lowest BCUT2D eigenvalue weighted by Gasteiger charge is -2.07. The van der Waals surface area contributed by atoms with Crippen LogP contribution in [0.15, 0.2) is 10.9 Å². The molecule has 0 aliphatic heterocycles. The number of aromatic nitrogens is 3. The molecular weight excluding hydrogens is 334 g/mol. The standard InChI is InChI=1S/C15H15N3O3S2/c1-4-9-5-10-13(22-9)17-8(3)18(14(10)19)6-11-16-7(2)12(23-11)15(20)21/h5H,4,6H2,1-3H3,(H,20,21). The summed E-state index contributed by atoms with van der Waals surface area (Å²) in [6.07, 6.45) is 0.868. The summed E-state index contributed by atoms with van der Waals surface area (Å²) in [5, 5.41) is 10.3. The molecule has 1 N–H and O–H groups in total. The van der Waals surface area contributed by atoms with E-state index < -0.39 is 5.97 Å². The molecule has 3 rings (SSSR count). The molecule has 0 amide bonds. The highest BCUT2D eigenvalue weighted by Gasteiger charge is 2.17. The third kappa shape index (κ3) is 2.79. The Morgan fingerprint density at radius 3 is 2.65 bits per heavy atom. The highest BCUT2D eigenvalue weighted by molar-refractivity contribution is 7.18. The van der Waals surface area contributed by atoms with E-state index in [0.29, 0.717) is 21.9 Å². The van der Waals surface area contributed by atoms with Gasteiger partial charge in [0, 0.05) is 4.88 Å². The van der Waals surface area contributed by atoms with E-state index in [1.54, 1.807) is 18.4 Å². The lowest BCUT2D eigenvalue weighted by atomic mass is 10.3. The van der Waals surface area contributed by atoms with E-state index in [9.17, 15) is 9.59 Å². The van der Waals surface area contributed by atoms with Gasteiger partial charge in [-0.3, -0.25) is 9.36 Å². The van der Waals surface area contributed by atoms with Crippen LogP contribution < -0.4 is 5.56 Å². The summed E-state index contributed by atoms with van der Waals surface area (Å²) in [5.74, 6) is -0.383. The fourth-order valence-electron chi connectivity index (χ4n) is 2.38. The highest BCUT2D eigenvalue weighted by Crippen LogP contribution is 2.23. The first-order valence-corrected chi connectivity index (χ1v) is 8.73. The molecular formula is C15H15N3O3S2. The minimum Gasteiger partial charge on any atom is -0.477 e. The SMILES string of the molecule is CCc1cc2c(=O)n(Cc3nc(C)c(C(=O)O)s3)c(C)nc2s1. The van der Waals surface area contributed by atoms with Crippen molar-refractivity contribution in [2.45, 2.75) is 33.7 Å². The third-order valence-corrected chi connectivity index (χ3v) is 5.87. The molecule has 0 saturated carbocycles. The molecule has 0 saturated heterocycles. The van der Waals surface area contributed by atoms with E-state index in [1.807, 2.05) is 13.0 Å².